The first-order valence-corrected chi connectivity index (χ1v) is 5.83. The molecule has 0 spiro atoms. The molecule has 80 valence electrons. The van der Waals surface area contributed by atoms with Crippen molar-refractivity contribution < 1.29 is 0 Å². The van der Waals surface area contributed by atoms with Gasteiger partial charge in [0.2, 0.25) is 5.43 Å². The van der Waals surface area contributed by atoms with E-state index in [1.165, 1.54) is 17.4 Å². The average Bonchev–Trinajstić information content (AvgIpc) is 2.36. The normalized spacial score (nSPS) is 10.5. The van der Waals surface area contributed by atoms with Crippen LogP contribution in [-0.2, 0) is 0 Å². The summed E-state index contributed by atoms with van der Waals surface area (Å²) in [6.07, 6.45) is 0. The standard InChI is InChI=1S/C13H6N2OS/c14-7-8-5-10(16)13-12(6-8)17-11-4-2-1-3-9(11)15-13/h1-6H. The third-order valence-electron chi connectivity index (χ3n) is 2.49. The Bertz CT molecular complexity index is 785. The maximum absolute atomic E-state index is 11.8. The monoisotopic (exact) mass is 238 g/mol. The van der Waals surface area contributed by atoms with E-state index in [9.17, 15) is 4.79 Å². The third kappa shape index (κ3) is 1.57. The van der Waals surface area contributed by atoms with Gasteiger partial charge in [-0.1, -0.05) is 12.1 Å². The molecule has 0 saturated heterocycles. The van der Waals surface area contributed by atoms with Gasteiger partial charge in [0.25, 0.3) is 0 Å². The first kappa shape index (κ1) is 9.94. The van der Waals surface area contributed by atoms with Crippen LogP contribution in [0.25, 0.3) is 20.8 Å². The molecule has 3 nitrogen and oxygen atoms in total. The molecule has 0 aromatic heterocycles. The highest BCUT2D eigenvalue weighted by Crippen LogP contribution is 2.28. The smallest absolute Gasteiger partial charge is 0.206 e. The summed E-state index contributed by atoms with van der Waals surface area (Å²) in [5, 5.41) is 8.83. The number of hydrogen-bond acceptors (Lipinski definition) is 4. The lowest BCUT2D eigenvalue weighted by Crippen LogP contribution is -2.06. The Morgan fingerprint density at radius 1 is 1.24 bits per heavy atom. The van der Waals surface area contributed by atoms with Gasteiger partial charge in [-0.25, -0.2) is 4.98 Å². The van der Waals surface area contributed by atoms with Gasteiger partial charge in [0.1, 0.15) is 5.69 Å². The van der Waals surface area contributed by atoms with Crippen molar-refractivity contribution in [1.29, 1.82) is 5.26 Å². The fourth-order valence-electron chi connectivity index (χ4n) is 1.71. The quantitative estimate of drug-likeness (QED) is 0.566. The third-order valence-corrected chi connectivity index (χ3v) is 3.58. The summed E-state index contributed by atoms with van der Waals surface area (Å²) in [6.45, 7) is 0. The van der Waals surface area contributed by atoms with Gasteiger partial charge in [0.15, 0.2) is 0 Å². The second-order valence-electron chi connectivity index (χ2n) is 3.61. The Labute approximate surface area is 101 Å². The van der Waals surface area contributed by atoms with Crippen molar-refractivity contribution in [3.63, 3.8) is 0 Å². The number of rotatable bonds is 0. The number of fused-ring (bicyclic) bond motifs is 2. The molecule has 0 amide bonds. The van der Waals surface area contributed by atoms with Crippen molar-refractivity contribution in [1.82, 2.24) is 4.98 Å². The van der Waals surface area contributed by atoms with Gasteiger partial charge in [-0.05, 0) is 18.2 Å². The molecular formula is C13H6N2OS. The predicted molar refractivity (Wildman–Crippen MR) is 67.2 cm³/mol. The molecule has 0 bridgehead atoms. The van der Waals surface area contributed by atoms with Crippen LogP contribution < -0.4 is 5.43 Å². The van der Waals surface area contributed by atoms with E-state index in [1.807, 2.05) is 30.3 Å². The number of nitriles is 1. The van der Waals surface area contributed by atoms with Crippen molar-refractivity contribution in [2.24, 2.45) is 0 Å². The van der Waals surface area contributed by atoms with Gasteiger partial charge in [-0.15, -0.1) is 11.3 Å². The van der Waals surface area contributed by atoms with E-state index in [-0.39, 0.29) is 5.43 Å². The van der Waals surface area contributed by atoms with Crippen LogP contribution in [0.15, 0.2) is 41.2 Å². The van der Waals surface area contributed by atoms with Gasteiger partial charge < -0.3 is 0 Å². The Hall–Kier alpha value is -2.25. The fraction of sp³-hybridized carbons (Fsp3) is 0. The summed E-state index contributed by atoms with van der Waals surface area (Å²) >= 11 is 1.48. The summed E-state index contributed by atoms with van der Waals surface area (Å²) in [6, 6.07) is 12.7. The lowest BCUT2D eigenvalue weighted by Gasteiger charge is -2.04. The second-order valence-corrected chi connectivity index (χ2v) is 4.70. The molecule has 0 unspecified atom stereocenters. The van der Waals surface area contributed by atoms with Crippen molar-refractivity contribution in [3.8, 4) is 16.6 Å². The molecule has 0 fully saturated rings. The fourth-order valence-corrected chi connectivity index (χ4v) is 2.74. The molecule has 0 radical (unpaired) electrons. The van der Waals surface area contributed by atoms with E-state index in [4.69, 9.17) is 5.26 Å². The Morgan fingerprint density at radius 3 is 2.88 bits per heavy atom. The maximum Gasteiger partial charge on any atom is 0.206 e. The molecule has 1 aromatic rings. The van der Waals surface area contributed by atoms with Gasteiger partial charge in [-0.2, -0.15) is 5.26 Å². The van der Waals surface area contributed by atoms with Crippen molar-refractivity contribution in [2.45, 2.75) is 0 Å². The zero-order valence-electron chi connectivity index (χ0n) is 8.68. The largest absolute Gasteiger partial charge is 0.287 e. The lowest BCUT2D eigenvalue weighted by atomic mass is 10.1. The minimum absolute atomic E-state index is 0.193. The number of para-hydroxylation sites is 1. The lowest BCUT2D eigenvalue weighted by molar-refractivity contribution is 1.36. The zero-order valence-corrected chi connectivity index (χ0v) is 9.49. The molecule has 0 saturated carbocycles. The van der Waals surface area contributed by atoms with Gasteiger partial charge >= 0.3 is 0 Å². The summed E-state index contributed by atoms with van der Waals surface area (Å²) in [5.74, 6) is 0. The molecule has 17 heavy (non-hydrogen) atoms. The van der Waals surface area contributed by atoms with E-state index in [1.54, 1.807) is 6.07 Å². The number of benzene rings is 2. The highest BCUT2D eigenvalue weighted by molar-refractivity contribution is 7.21. The average molecular weight is 238 g/mol. The Kier molecular flexibility index (Phi) is 2.13. The molecule has 2 aliphatic rings. The first-order chi connectivity index (χ1) is 8.28. The molecular weight excluding hydrogens is 232 g/mol. The van der Waals surface area contributed by atoms with E-state index in [0.717, 1.165) is 15.1 Å². The minimum atomic E-state index is -0.193. The number of nitrogens with zero attached hydrogens (tertiary/aromatic N) is 2. The zero-order chi connectivity index (χ0) is 11.8. The van der Waals surface area contributed by atoms with Crippen molar-refractivity contribution in [2.75, 3.05) is 0 Å². The highest BCUT2D eigenvalue weighted by atomic mass is 32.1. The Morgan fingerprint density at radius 2 is 2.06 bits per heavy atom. The van der Waals surface area contributed by atoms with Crippen LogP contribution in [0.5, 0.6) is 0 Å². The van der Waals surface area contributed by atoms with Crippen molar-refractivity contribution >= 4 is 21.6 Å². The minimum Gasteiger partial charge on any atom is -0.287 e. The van der Waals surface area contributed by atoms with Crippen LogP contribution >= 0.6 is 11.3 Å². The Balaban J connectivity index is 2.49. The SMILES string of the molecule is N#Cc1cc2sc3ccccc3nc-2c(=O)c1. The second kappa shape index (κ2) is 3.65. The highest BCUT2D eigenvalue weighted by Gasteiger charge is 2.11. The van der Waals surface area contributed by atoms with Crippen LogP contribution in [0.2, 0.25) is 0 Å². The van der Waals surface area contributed by atoms with Gasteiger partial charge in [0.05, 0.1) is 26.7 Å². The van der Waals surface area contributed by atoms with Crippen molar-refractivity contribution in [3.05, 3.63) is 52.2 Å². The van der Waals surface area contributed by atoms with Crippen LogP contribution in [0.4, 0.5) is 0 Å². The molecule has 1 aromatic carbocycles. The summed E-state index contributed by atoms with van der Waals surface area (Å²) in [7, 11) is 0. The summed E-state index contributed by atoms with van der Waals surface area (Å²) in [5.41, 5.74) is 1.44. The summed E-state index contributed by atoms with van der Waals surface area (Å²) in [4.78, 5) is 16.9. The topological polar surface area (TPSA) is 53.8 Å². The van der Waals surface area contributed by atoms with E-state index in [2.05, 4.69) is 4.98 Å². The maximum atomic E-state index is 11.8. The van der Waals surface area contributed by atoms with Crippen LogP contribution in [0, 0.1) is 11.3 Å². The molecule has 1 heterocycles. The van der Waals surface area contributed by atoms with Gasteiger partial charge in [-0.3, -0.25) is 4.79 Å². The predicted octanol–water partition coefficient (Wildman–Crippen LogP) is 2.63. The first-order valence-electron chi connectivity index (χ1n) is 5.02. The molecule has 0 atom stereocenters. The molecule has 1 aliphatic carbocycles. The van der Waals surface area contributed by atoms with Gasteiger partial charge in [0, 0.05) is 6.07 Å². The number of hydrogen-bond donors (Lipinski definition) is 0. The molecule has 4 heteroatoms. The van der Waals surface area contributed by atoms with E-state index in [0.29, 0.717) is 11.3 Å². The van der Waals surface area contributed by atoms with E-state index >= 15 is 0 Å². The molecule has 1 aliphatic heterocycles. The van der Waals surface area contributed by atoms with E-state index < -0.39 is 0 Å². The van der Waals surface area contributed by atoms with Crippen LogP contribution in [0.3, 0.4) is 0 Å². The molecule has 3 rings (SSSR count). The molecule has 0 N–H and O–H groups in total. The summed E-state index contributed by atoms with van der Waals surface area (Å²) < 4.78 is 1.01. The van der Waals surface area contributed by atoms with Crippen LogP contribution in [0.1, 0.15) is 5.56 Å². The number of aromatic nitrogens is 1. The van der Waals surface area contributed by atoms with Crippen LogP contribution in [-0.4, -0.2) is 4.98 Å².